The lowest BCUT2D eigenvalue weighted by molar-refractivity contribution is -0.138. The lowest BCUT2D eigenvalue weighted by Crippen LogP contribution is -2.34. The van der Waals surface area contributed by atoms with Crippen LogP contribution in [0.15, 0.2) is 30.3 Å². The molecule has 32 heavy (non-hydrogen) atoms. The Labute approximate surface area is 186 Å². The Morgan fingerprint density at radius 1 is 0.875 bits per heavy atom. The van der Waals surface area contributed by atoms with Crippen molar-refractivity contribution in [2.75, 3.05) is 28.4 Å². The summed E-state index contributed by atoms with van der Waals surface area (Å²) in [6.07, 6.45) is 3.38. The van der Waals surface area contributed by atoms with E-state index >= 15 is 0 Å². The summed E-state index contributed by atoms with van der Waals surface area (Å²) in [5, 5.41) is 8.74. The van der Waals surface area contributed by atoms with Gasteiger partial charge in [-0.3, -0.25) is 4.79 Å². The van der Waals surface area contributed by atoms with Crippen LogP contribution < -0.4 is 29.4 Å². The molecule has 2 aromatic carbocycles. The summed E-state index contributed by atoms with van der Waals surface area (Å²) in [6, 6.07) is 7.59. The van der Waals surface area contributed by atoms with Crippen molar-refractivity contribution in [1.29, 1.82) is 0 Å². The first-order chi connectivity index (χ1) is 15.3. The van der Waals surface area contributed by atoms with E-state index in [-0.39, 0.29) is 18.6 Å². The Hall–Kier alpha value is -3.72. The number of aliphatic carboxylic acids is 1. The molecule has 0 bridgehead atoms. The minimum Gasteiger partial charge on any atom is -0.493 e. The third-order valence-electron chi connectivity index (χ3n) is 4.53. The third kappa shape index (κ3) is 6.39. The van der Waals surface area contributed by atoms with Crippen LogP contribution in [0, 0.1) is 0 Å². The monoisotopic (exact) mass is 445 g/mol. The predicted molar refractivity (Wildman–Crippen MR) is 119 cm³/mol. The highest BCUT2D eigenvalue weighted by Crippen LogP contribution is 2.38. The average molecular weight is 445 g/mol. The molecule has 0 amide bonds. The Bertz CT molecular complexity index is 961. The van der Waals surface area contributed by atoms with Gasteiger partial charge in [-0.2, -0.15) is 0 Å². The number of hydrogen-bond donors (Lipinski definition) is 2. The Kier molecular flexibility index (Phi) is 8.91. The Balaban J connectivity index is 2.26. The van der Waals surface area contributed by atoms with Crippen molar-refractivity contribution in [1.82, 2.24) is 0 Å². The number of carboxylic acids is 1. The summed E-state index contributed by atoms with van der Waals surface area (Å²) in [4.78, 5) is 22.9. The summed E-state index contributed by atoms with van der Waals surface area (Å²) in [7, 11) is 6.05. The summed E-state index contributed by atoms with van der Waals surface area (Å²) in [6.45, 7) is 0. The van der Waals surface area contributed by atoms with E-state index in [9.17, 15) is 9.59 Å². The first kappa shape index (κ1) is 24.5. The van der Waals surface area contributed by atoms with Crippen LogP contribution >= 0.6 is 0 Å². The number of benzene rings is 2. The molecule has 0 saturated carbocycles. The number of hydrogen-bond acceptors (Lipinski definition) is 8. The Morgan fingerprint density at radius 3 is 1.97 bits per heavy atom. The SMILES string of the molecule is COc1ccc(/C=C/c2cc(OC)c(OC)c(OC)c2)cc1OC(=O)[C@H](N)CCC(=O)O. The lowest BCUT2D eigenvalue weighted by Gasteiger charge is -2.13. The standard InChI is InChI=1S/C23H27NO8/c1-28-17-9-7-14(11-18(17)32-23(27)16(24)8-10-21(25)26)5-6-15-12-19(29-2)22(31-4)20(13-15)30-3/h5-7,9,11-13,16H,8,10,24H2,1-4H3,(H,25,26)/b6-5+/t16-/m1/s1. The topological polar surface area (TPSA) is 127 Å². The zero-order valence-corrected chi connectivity index (χ0v) is 18.4. The van der Waals surface area contributed by atoms with E-state index in [1.165, 1.54) is 28.4 Å². The van der Waals surface area contributed by atoms with Gasteiger partial charge in [-0.05, 0) is 41.8 Å². The fraction of sp³-hybridized carbons (Fsp3) is 0.304. The molecule has 2 rings (SSSR count). The van der Waals surface area contributed by atoms with Gasteiger partial charge in [0.15, 0.2) is 23.0 Å². The van der Waals surface area contributed by atoms with Crippen LogP contribution in [0.3, 0.4) is 0 Å². The largest absolute Gasteiger partial charge is 0.493 e. The lowest BCUT2D eigenvalue weighted by atomic mass is 10.1. The molecule has 0 aliphatic carbocycles. The molecule has 3 N–H and O–H groups in total. The number of carbonyl (C=O) groups excluding carboxylic acids is 1. The molecule has 2 aromatic rings. The van der Waals surface area contributed by atoms with Crippen molar-refractivity contribution in [3.05, 3.63) is 41.5 Å². The molecule has 1 atom stereocenters. The van der Waals surface area contributed by atoms with Crippen LogP contribution in [0.2, 0.25) is 0 Å². The van der Waals surface area contributed by atoms with Crippen LogP contribution in [0.5, 0.6) is 28.7 Å². The highest BCUT2D eigenvalue weighted by atomic mass is 16.6. The van der Waals surface area contributed by atoms with Crippen molar-refractivity contribution < 1.29 is 38.4 Å². The molecule has 0 aliphatic heterocycles. The maximum Gasteiger partial charge on any atom is 0.328 e. The molecule has 0 aliphatic rings. The fourth-order valence-corrected chi connectivity index (χ4v) is 2.85. The van der Waals surface area contributed by atoms with Crippen molar-refractivity contribution in [3.63, 3.8) is 0 Å². The van der Waals surface area contributed by atoms with Crippen LogP contribution in [0.1, 0.15) is 24.0 Å². The molecule has 0 fully saturated rings. The van der Waals surface area contributed by atoms with Crippen molar-refractivity contribution in [2.45, 2.75) is 18.9 Å². The summed E-state index contributed by atoms with van der Waals surface area (Å²) in [5.74, 6) is 0.270. The molecule has 0 unspecified atom stereocenters. The van der Waals surface area contributed by atoms with E-state index in [1.54, 1.807) is 30.3 Å². The van der Waals surface area contributed by atoms with Gasteiger partial charge in [0.05, 0.1) is 28.4 Å². The molecule has 9 heteroatoms. The van der Waals surface area contributed by atoms with Crippen LogP contribution in [0.4, 0.5) is 0 Å². The number of methoxy groups -OCH3 is 4. The van der Waals surface area contributed by atoms with E-state index in [0.717, 1.165) is 11.1 Å². The van der Waals surface area contributed by atoms with Gasteiger partial charge in [-0.1, -0.05) is 18.2 Å². The number of rotatable bonds is 11. The van der Waals surface area contributed by atoms with Crippen molar-refractivity contribution in [2.24, 2.45) is 5.73 Å². The molecule has 0 heterocycles. The zero-order valence-electron chi connectivity index (χ0n) is 18.4. The van der Waals surface area contributed by atoms with E-state index in [2.05, 4.69) is 0 Å². The van der Waals surface area contributed by atoms with Gasteiger partial charge in [-0.25, -0.2) is 4.79 Å². The normalized spacial score (nSPS) is 11.7. The maximum atomic E-state index is 12.2. The number of carbonyl (C=O) groups is 2. The first-order valence-electron chi connectivity index (χ1n) is 9.68. The van der Waals surface area contributed by atoms with Gasteiger partial charge in [0.25, 0.3) is 0 Å². The smallest absolute Gasteiger partial charge is 0.328 e. The van der Waals surface area contributed by atoms with Gasteiger partial charge in [0, 0.05) is 6.42 Å². The van der Waals surface area contributed by atoms with E-state index < -0.39 is 18.0 Å². The van der Waals surface area contributed by atoms with E-state index in [1.807, 2.05) is 12.2 Å². The van der Waals surface area contributed by atoms with Gasteiger partial charge >= 0.3 is 11.9 Å². The van der Waals surface area contributed by atoms with Gasteiger partial charge in [0.2, 0.25) is 5.75 Å². The summed E-state index contributed by atoms with van der Waals surface area (Å²) >= 11 is 0. The van der Waals surface area contributed by atoms with Crippen LogP contribution in [0.25, 0.3) is 12.2 Å². The highest BCUT2D eigenvalue weighted by Gasteiger charge is 2.19. The number of ether oxygens (including phenoxy) is 5. The number of nitrogens with two attached hydrogens (primary N) is 1. The molecule has 0 spiro atoms. The number of esters is 1. The average Bonchev–Trinajstić information content (AvgIpc) is 2.80. The molecule has 0 aromatic heterocycles. The molecular weight excluding hydrogens is 418 g/mol. The second-order valence-corrected chi connectivity index (χ2v) is 6.66. The molecule has 172 valence electrons. The molecule has 9 nitrogen and oxygen atoms in total. The van der Waals surface area contributed by atoms with Crippen molar-refractivity contribution in [3.8, 4) is 28.7 Å². The maximum absolute atomic E-state index is 12.2. The van der Waals surface area contributed by atoms with Gasteiger partial charge in [0.1, 0.15) is 6.04 Å². The van der Waals surface area contributed by atoms with Crippen molar-refractivity contribution >= 4 is 24.1 Å². The summed E-state index contributed by atoms with van der Waals surface area (Å²) in [5.41, 5.74) is 7.25. The van der Waals surface area contributed by atoms with E-state index in [0.29, 0.717) is 23.0 Å². The van der Waals surface area contributed by atoms with Crippen LogP contribution in [-0.4, -0.2) is 51.5 Å². The number of carboxylic acid groups (broad SMARTS) is 1. The predicted octanol–water partition coefficient (Wildman–Crippen LogP) is 2.99. The van der Waals surface area contributed by atoms with Gasteiger partial charge in [-0.15, -0.1) is 0 Å². The first-order valence-corrected chi connectivity index (χ1v) is 9.68. The zero-order chi connectivity index (χ0) is 23.7. The second-order valence-electron chi connectivity index (χ2n) is 6.66. The second kappa shape index (κ2) is 11.6. The molecule has 0 saturated heterocycles. The molecule has 0 radical (unpaired) electrons. The minimum atomic E-state index is -1.06. The Morgan fingerprint density at radius 2 is 1.44 bits per heavy atom. The van der Waals surface area contributed by atoms with Crippen LogP contribution in [-0.2, 0) is 9.59 Å². The molecular formula is C23H27NO8. The quantitative estimate of drug-likeness (QED) is 0.305. The van der Waals surface area contributed by atoms with Gasteiger partial charge < -0.3 is 34.5 Å². The minimum absolute atomic E-state index is 0.0305. The fourth-order valence-electron chi connectivity index (χ4n) is 2.85. The highest BCUT2D eigenvalue weighted by molar-refractivity contribution is 5.80. The third-order valence-corrected chi connectivity index (χ3v) is 4.53. The summed E-state index contributed by atoms with van der Waals surface area (Å²) < 4.78 is 26.6. The van der Waals surface area contributed by atoms with E-state index in [4.69, 9.17) is 34.5 Å².